The average molecular weight is 753 g/mol. The van der Waals surface area contributed by atoms with E-state index in [2.05, 4.69) is 87.3 Å². The van der Waals surface area contributed by atoms with Gasteiger partial charge in [0.05, 0.1) is 5.56 Å². The van der Waals surface area contributed by atoms with E-state index in [1.54, 1.807) is 18.3 Å². The molecule has 5 aromatic carbocycles. The van der Waals surface area contributed by atoms with Gasteiger partial charge in [0.25, 0.3) is 0 Å². The SMILES string of the molecule is Cc1[c-]c(-c2nccc3c2ccc2c(C(C)C)cccc23)cc(C)c1.Oc1ccccc1-c1nccn1-c1ccccc1.[Ir]. The number of pyridine rings is 1. The first kappa shape index (κ1) is 30.9. The number of nitrogens with zero attached hydrogens (tertiary/aromatic N) is 3. The summed E-state index contributed by atoms with van der Waals surface area (Å²) in [6.07, 6.45) is 5.54. The normalized spacial score (nSPS) is 10.8. The first-order valence-corrected chi connectivity index (χ1v) is 14.6. The number of hydrogen-bond donors (Lipinski definition) is 1. The van der Waals surface area contributed by atoms with E-state index in [-0.39, 0.29) is 25.9 Å². The van der Waals surface area contributed by atoms with E-state index < -0.39 is 0 Å². The van der Waals surface area contributed by atoms with Crippen LogP contribution in [-0.4, -0.2) is 19.6 Å². The minimum absolute atomic E-state index is 0. The Morgan fingerprint density at radius 2 is 1.43 bits per heavy atom. The van der Waals surface area contributed by atoms with Crippen LogP contribution in [0, 0.1) is 19.9 Å². The number of benzene rings is 5. The number of aryl methyl sites for hydroxylation is 2. The van der Waals surface area contributed by atoms with Crippen molar-refractivity contribution in [1.29, 1.82) is 0 Å². The van der Waals surface area contributed by atoms with Crippen LogP contribution in [0.15, 0.2) is 122 Å². The van der Waals surface area contributed by atoms with E-state index in [1.807, 2.05) is 59.4 Å². The molecule has 0 amide bonds. The number of hydrogen-bond acceptors (Lipinski definition) is 3. The molecule has 4 nitrogen and oxygen atoms in total. The van der Waals surface area contributed by atoms with Crippen LogP contribution in [0.2, 0.25) is 0 Å². The zero-order valence-electron chi connectivity index (χ0n) is 25.2. The number of rotatable bonds is 4. The third-order valence-corrected chi connectivity index (χ3v) is 7.68. The first-order chi connectivity index (χ1) is 20.9. The van der Waals surface area contributed by atoms with Crippen molar-refractivity contribution in [2.75, 3.05) is 0 Å². The summed E-state index contributed by atoms with van der Waals surface area (Å²) in [5.74, 6) is 1.48. The molecular formula is C39H34IrN3O-. The van der Waals surface area contributed by atoms with Gasteiger partial charge in [-0.15, -0.1) is 34.9 Å². The summed E-state index contributed by atoms with van der Waals surface area (Å²) in [5.41, 5.74) is 7.63. The first-order valence-electron chi connectivity index (χ1n) is 14.6. The van der Waals surface area contributed by atoms with E-state index in [4.69, 9.17) is 4.98 Å². The summed E-state index contributed by atoms with van der Waals surface area (Å²) < 4.78 is 1.95. The molecule has 0 atom stereocenters. The van der Waals surface area contributed by atoms with Crippen molar-refractivity contribution in [3.8, 4) is 34.1 Å². The second-order valence-corrected chi connectivity index (χ2v) is 11.1. The van der Waals surface area contributed by atoms with Crippen LogP contribution in [-0.2, 0) is 20.1 Å². The van der Waals surface area contributed by atoms with Crippen molar-refractivity contribution in [2.24, 2.45) is 0 Å². The van der Waals surface area contributed by atoms with Gasteiger partial charge in [0.2, 0.25) is 0 Å². The standard InChI is InChI=1S/C24H22N.C15H12N2O.Ir/c1-15(2)19-6-5-7-20-21(19)8-9-23-22(20)10-11-25-24(23)18-13-16(3)12-17(4)14-18;18-14-9-5-4-8-13(14)15-16-10-11-17(15)12-6-2-1-3-7-12;/h5-13,15H,1-4H3;1-11,18H;/q-1;;. The molecule has 7 aromatic rings. The van der Waals surface area contributed by atoms with Gasteiger partial charge in [-0.2, -0.15) is 0 Å². The zero-order chi connectivity index (χ0) is 29.9. The quantitative estimate of drug-likeness (QED) is 0.144. The average Bonchev–Trinajstić information content (AvgIpc) is 3.50. The van der Waals surface area contributed by atoms with Crippen LogP contribution in [0.4, 0.5) is 0 Å². The van der Waals surface area contributed by atoms with E-state index >= 15 is 0 Å². The van der Waals surface area contributed by atoms with Gasteiger partial charge in [0.1, 0.15) is 11.6 Å². The fourth-order valence-corrected chi connectivity index (χ4v) is 5.75. The predicted octanol–water partition coefficient (Wildman–Crippen LogP) is 9.84. The Hall–Kier alpha value is -4.57. The topological polar surface area (TPSA) is 50.9 Å². The molecule has 0 aliphatic carbocycles. The molecule has 7 rings (SSSR count). The fraction of sp³-hybridized carbons (Fsp3) is 0.128. The molecule has 44 heavy (non-hydrogen) atoms. The summed E-state index contributed by atoms with van der Waals surface area (Å²) in [5, 5.41) is 15.0. The Labute approximate surface area is 272 Å². The molecule has 5 heteroatoms. The maximum atomic E-state index is 9.90. The van der Waals surface area contributed by atoms with E-state index in [0.717, 1.165) is 33.9 Å². The fourth-order valence-electron chi connectivity index (χ4n) is 5.75. The molecule has 1 radical (unpaired) electrons. The molecule has 221 valence electrons. The summed E-state index contributed by atoms with van der Waals surface area (Å²) in [6.45, 7) is 8.72. The molecule has 0 unspecified atom stereocenters. The number of phenols is 1. The number of imidazole rings is 1. The van der Waals surface area contributed by atoms with Gasteiger partial charge in [-0.1, -0.05) is 88.4 Å². The number of aromatic nitrogens is 3. The summed E-state index contributed by atoms with van der Waals surface area (Å²) in [7, 11) is 0. The van der Waals surface area contributed by atoms with Crippen molar-refractivity contribution in [1.82, 2.24) is 14.5 Å². The molecule has 0 saturated carbocycles. The molecule has 2 aromatic heterocycles. The second-order valence-electron chi connectivity index (χ2n) is 11.1. The van der Waals surface area contributed by atoms with Crippen LogP contribution in [0.25, 0.3) is 49.9 Å². The monoisotopic (exact) mass is 753 g/mol. The summed E-state index contributed by atoms with van der Waals surface area (Å²) >= 11 is 0. The smallest absolute Gasteiger partial charge is 0.148 e. The third-order valence-electron chi connectivity index (χ3n) is 7.68. The maximum absolute atomic E-state index is 9.90. The zero-order valence-corrected chi connectivity index (χ0v) is 27.6. The van der Waals surface area contributed by atoms with Crippen LogP contribution in [0.5, 0.6) is 5.75 Å². The molecule has 0 bridgehead atoms. The van der Waals surface area contributed by atoms with Crippen molar-refractivity contribution >= 4 is 21.5 Å². The van der Waals surface area contributed by atoms with Gasteiger partial charge in [-0.25, -0.2) is 4.98 Å². The van der Waals surface area contributed by atoms with Crippen molar-refractivity contribution in [2.45, 2.75) is 33.6 Å². The van der Waals surface area contributed by atoms with Crippen molar-refractivity contribution in [3.63, 3.8) is 0 Å². The predicted molar refractivity (Wildman–Crippen MR) is 178 cm³/mol. The molecule has 2 heterocycles. The Bertz CT molecular complexity index is 2030. The van der Waals surface area contributed by atoms with Crippen LogP contribution in [0.3, 0.4) is 0 Å². The maximum Gasteiger partial charge on any atom is 0.148 e. The minimum Gasteiger partial charge on any atom is -0.507 e. The summed E-state index contributed by atoms with van der Waals surface area (Å²) in [6, 6.07) is 38.2. The molecule has 1 N–H and O–H groups in total. The number of fused-ring (bicyclic) bond motifs is 3. The van der Waals surface area contributed by atoms with E-state index in [1.165, 1.54) is 32.7 Å². The van der Waals surface area contributed by atoms with Gasteiger partial charge in [-0.05, 0) is 69.1 Å². The number of phenolic OH excluding ortho intramolecular Hbond substituents is 1. The molecule has 0 fully saturated rings. The minimum atomic E-state index is 0. The number of aromatic hydroxyl groups is 1. The van der Waals surface area contributed by atoms with Crippen molar-refractivity contribution < 1.29 is 25.2 Å². The Morgan fingerprint density at radius 3 is 2.18 bits per heavy atom. The van der Waals surface area contributed by atoms with Gasteiger partial charge >= 0.3 is 0 Å². The Balaban J connectivity index is 0.000000179. The summed E-state index contributed by atoms with van der Waals surface area (Å²) in [4.78, 5) is 9.02. The Morgan fingerprint density at radius 1 is 0.705 bits per heavy atom. The number of para-hydroxylation sites is 2. The molecule has 0 aliphatic heterocycles. The molecule has 0 aliphatic rings. The van der Waals surface area contributed by atoms with E-state index in [9.17, 15) is 5.11 Å². The van der Waals surface area contributed by atoms with Crippen LogP contribution >= 0.6 is 0 Å². The molecular weight excluding hydrogens is 719 g/mol. The van der Waals surface area contributed by atoms with Gasteiger partial charge in [0.15, 0.2) is 0 Å². The second kappa shape index (κ2) is 13.4. The van der Waals surface area contributed by atoms with Gasteiger partial charge in [-0.3, -0.25) is 4.57 Å². The Kier molecular flexibility index (Phi) is 9.39. The van der Waals surface area contributed by atoms with Crippen molar-refractivity contribution in [3.05, 3.63) is 144 Å². The largest absolute Gasteiger partial charge is 0.507 e. The van der Waals surface area contributed by atoms with E-state index in [0.29, 0.717) is 5.92 Å². The van der Waals surface area contributed by atoms with Gasteiger partial charge in [0, 0.05) is 44.4 Å². The van der Waals surface area contributed by atoms with Crippen LogP contribution in [0.1, 0.15) is 36.5 Å². The third kappa shape index (κ3) is 6.21. The molecule has 0 spiro atoms. The van der Waals surface area contributed by atoms with Crippen LogP contribution < -0.4 is 0 Å². The molecule has 0 saturated heterocycles. The van der Waals surface area contributed by atoms with Gasteiger partial charge < -0.3 is 10.1 Å².